The molecule has 2 aliphatic heterocycles. The molecule has 0 aliphatic carbocycles. The zero-order valence-corrected chi connectivity index (χ0v) is 7.58. The Morgan fingerprint density at radius 1 is 1.50 bits per heavy atom. The van der Waals surface area contributed by atoms with Gasteiger partial charge in [-0.15, -0.1) is 5.06 Å². The second-order valence-electron chi connectivity index (χ2n) is 3.23. The highest BCUT2D eigenvalue weighted by Gasteiger charge is 2.43. The summed E-state index contributed by atoms with van der Waals surface area (Å²) in [7, 11) is -3.74. The molecule has 0 N–H and O–H groups in total. The SMILES string of the molecule is CC1CCCN2OS(=O)(=O)OC12. The van der Waals surface area contributed by atoms with Crippen molar-refractivity contribution in [2.24, 2.45) is 5.92 Å². The van der Waals surface area contributed by atoms with Gasteiger partial charge in [0.1, 0.15) is 0 Å². The van der Waals surface area contributed by atoms with E-state index in [2.05, 4.69) is 4.28 Å². The Bertz CT molecular complexity index is 275. The van der Waals surface area contributed by atoms with E-state index >= 15 is 0 Å². The minimum absolute atomic E-state index is 0.219. The molecule has 6 heteroatoms. The third kappa shape index (κ3) is 1.35. The van der Waals surface area contributed by atoms with Gasteiger partial charge in [0, 0.05) is 6.54 Å². The Hall–Kier alpha value is -0.170. The van der Waals surface area contributed by atoms with Crippen LogP contribution in [-0.4, -0.2) is 26.3 Å². The van der Waals surface area contributed by atoms with Crippen LogP contribution < -0.4 is 0 Å². The van der Waals surface area contributed by atoms with Crippen molar-refractivity contribution in [2.45, 2.75) is 26.0 Å². The monoisotopic (exact) mass is 193 g/mol. The van der Waals surface area contributed by atoms with E-state index in [1.807, 2.05) is 6.92 Å². The predicted octanol–water partition coefficient (Wildman–Crippen LogP) is 0.251. The molecule has 2 fully saturated rings. The Morgan fingerprint density at radius 3 is 2.92 bits per heavy atom. The van der Waals surface area contributed by atoms with Crippen molar-refractivity contribution in [3.05, 3.63) is 0 Å². The zero-order chi connectivity index (χ0) is 8.77. The molecule has 0 spiro atoms. The van der Waals surface area contributed by atoms with E-state index < -0.39 is 16.6 Å². The summed E-state index contributed by atoms with van der Waals surface area (Å²) in [5.41, 5.74) is 0. The van der Waals surface area contributed by atoms with Crippen molar-refractivity contribution in [3.63, 3.8) is 0 Å². The molecule has 70 valence electrons. The Morgan fingerprint density at radius 2 is 2.25 bits per heavy atom. The van der Waals surface area contributed by atoms with E-state index in [-0.39, 0.29) is 5.92 Å². The maximum atomic E-state index is 10.9. The van der Waals surface area contributed by atoms with Crippen molar-refractivity contribution >= 4 is 10.4 Å². The summed E-state index contributed by atoms with van der Waals surface area (Å²) >= 11 is 0. The molecule has 0 radical (unpaired) electrons. The van der Waals surface area contributed by atoms with Crippen LogP contribution in [0.5, 0.6) is 0 Å². The standard InChI is InChI=1S/C6H11NO4S/c1-5-3-2-4-7-6(5)10-12(8,9)11-7/h5-6H,2-4H2,1H3. The van der Waals surface area contributed by atoms with Gasteiger partial charge in [0.05, 0.1) is 0 Å². The predicted molar refractivity (Wildman–Crippen MR) is 40.0 cm³/mol. The fourth-order valence-electron chi connectivity index (χ4n) is 1.60. The van der Waals surface area contributed by atoms with Crippen LogP contribution in [0.25, 0.3) is 0 Å². The summed E-state index contributed by atoms with van der Waals surface area (Å²) in [4.78, 5) is 0. The normalized spacial score (nSPS) is 41.1. The maximum Gasteiger partial charge on any atom is 0.418 e. The van der Waals surface area contributed by atoms with Crippen LogP contribution in [0.15, 0.2) is 0 Å². The average molecular weight is 193 g/mol. The van der Waals surface area contributed by atoms with E-state index in [1.54, 1.807) is 0 Å². The number of rotatable bonds is 0. The van der Waals surface area contributed by atoms with E-state index in [0.29, 0.717) is 6.54 Å². The third-order valence-electron chi connectivity index (χ3n) is 2.21. The first-order valence-electron chi connectivity index (χ1n) is 3.98. The number of fused-ring (bicyclic) bond motifs is 1. The van der Waals surface area contributed by atoms with E-state index in [0.717, 1.165) is 12.8 Å². The van der Waals surface area contributed by atoms with Crippen LogP contribution in [0, 0.1) is 5.92 Å². The minimum atomic E-state index is -3.74. The lowest BCUT2D eigenvalue weighted by Gasteiger charge is -2.28. The largest absolute Gasteiger partial charge is 0.418 e. The maximum absolute atomic E-state index is 10.9. The van der Waals surface area contributed by atoms with Crippen LogP contribution in [0.2, 0.25) is 0 Å². The van der Waals surface area contributed by atoms with Crippen LogP contribution in [0.4, 0.5) is 0 Å². The third-order valence-corrected chi connectivity index (χ3v) is 3.02. The second-order valence-corrected chi connectivity index (χ2v) is 4.39. The molecule has 2 saturated heterocycles. The molecule has 0 aromatic rings. The molecule has 12 heavy (non-hydrogen) atoms. The molecule has 0 amide bonds. The molecule has 2 rings (SSSR count). The first-order chi connectivity index (χ1) is 5.58. The Balaban J connectivity index is 2.19. The molecular formula is C6H11NO4S. The molecule has 2 heterocycles. The molecule has 2 aliphatic rings. The molecular weight excluding hydrogens is 182 g/mol. The second kappa shape index (κ2) is 2.66. The van der Waals surface area contributed by atoms with Gasteiger partial charge < -0.3 is 0 Å². The van der Waals surface area contributed by atoms with Gasteiger partial charge >= 0.3 is 10.4 Å². The summed E-state index contributed by atoms with van der Waals surface area (Å²) in [5.74, 6) is 0.219. The first-order valence-corrected chi connectivity index (χ1v) is 5.31. The Labute approximate surface area is 71.5 Å². The van der Waals surface area contributed by atoms with Crippen LogP contribution in [-0.2, 0) is 18.9 Å². The molecule has 0 aromatic carbocycles. The van der Waals surface area contributed by atoms with Crippen LogP contribution >= 0.6 is 0 Å². The number of hydroxylamine groups is 2. The van der Waals surface area contributed by atoms with Gasteiger partial charge in [-0.05, 0) is 18.8 Å². The molecule has 0 saturated carbocycles. The van der Waals surface area contributed by atoms with Crippen LogP contribution in [0.3, 0.4) is 0 Å². The van der Waals surface area contributed by atoms with E-state index in [4.69, 9.17) is 4.18 Å². The number of piperidine rings is 1. The highest BCUT2D eigenvalue weighted by atomic mass is 32.3. The van der Waals surface area contributed by atoms with Gasteiger partial charge in [-0.25, -0.2) is 4.18 Å². The Kier molecular flexibility index (Phi) is 1.87. The van der Waals surface area contributed by atoms with Gasteiger partial charge in [0.15, 0.2) is 6.23 Å². The highest BCUT2D eigenvalue weighted by Crippen LogP contribution is 2.31. The minimum Gasteiger partial charge on any atom is -0.225 e. The summed E-state index contributed by atoms with van der Waals surface area (Å²) in [6.07, 6.45) is 1.54. The fourth-order valence-corrected chi connectivity index (χ4v) is 2.56. The van der Waals surface area contributed by atoms with Gasteiger partial charge in [-0.3, -0.25) is 0 Å². The van der Waals surface area contributed by atoms with E-state index in [1.165, 1.54) is 5.06 Å². The van der Waals surface area contributed by atoms with Gasteiger partial charge in [0.2, 0.25) is 0 Å². The number of hydrogen-bond donors (Lipinski definition) is 0. The lowest BCUT2D eigenvalue weighted by molar-refractivity contribution is -0.136. The van der Waals surface area contributed by atoms with Gasteiger partial charge in [0.25, 0.3) is 0 Å². The van der Waals surface area contributed by atoms with Gasteiger partial charge in [-0.1, -0.05) is 6.92 Å². The lowest BCUT2D eigenvalue weighted by atomic mass is 10.00. The lowest BCUT2D eigenvalue weighted by Crippen LogP contribution is -2.39. The number of nitrogens with zero attached hydrogens (tertiary/aromatic N) is 1. The number of hydrogen-bond acceptors (Lipinski definition) is 5. The topological polar surface area (TPSA) is 55.8 Å². The molecule has 0 bridgehead atoms. The molecule has 5 nitrogen and oxygen atoms in total. The molecule has 2 unspecified atom stereocenters. The van der Waals surface area contributed by atoms with Crippen LogP contribution in [0.1, 0.15) is 19.8 Å². The first kappa shape index (κ1) is 8.43. The summed E-state index contributed by atoms with van der Waals surface area (Å²) in [6.45, 7) is 2.59. The molecule has 2 atom stereocenters. The highest BCUT2D eigenvalue weighted by molar-refractivity contribution is 7.82. The van der Waals surface area contributed by atoms with Crippen molar-refractivity contribution in [3.8, 4) is 0 Å². The van der Waals surface area contributed by atoms with E-state index in [9.17, 15) is 8.42 Å². The van der Waals surface area contributed by atoms with Crippen molar-refractivity contribution in [1.82, 2.24) is 5.06 Å². The average Bonchev–Trinajstić information content (AvgIpc) is 2.25. The summed E-state index contributed by atoms with van der Waals surface area (Å²) in [6, 6.07) is 0. The quantitative estimate of drug-likeness (QED) is 0.552. The van der Waals surface area contributed by atoms with Crippen molar-refractivity contribution < 1.29 is 16.9 Å². The van der Waals surface area contributed by atoms with Crippen molar-refractivity contribution in [1.29, 1.82) is 0 Å². The van der Waals surface area contributed by atoms with Gasteiger partial charge in [-0.2, -0.15) is 12.7 Å². The fraction of sp³-hybridized carbons (Fsp3) is 1.00. The summed E-state index contributed by atoms with van der Waals surface area (Å²) in [5, 5.41) is 1.41. The molecule has 0 aromatic heterocycles. The smallest absolute Gasteiger partial charge is 0.225 e. The van der Waals surface area contributed by atoms with Crippen molar-refractivity contribution in [2.75, 3.05) is 6.54 Å². The summed E-state index contributed by atoms with van der Waals surface area (Å²) < 4.78 is 31.1. The zero-order valence-electron chi connectivity index (χ0n) is 6.76.